The maximum Gasteiger partial charge on any atom is 0.239 e. The van der Waals surface area contributed by atoms with Gasteiger partial charge in [-0.05, 0) is 19.4 Å². The molecule has 12 heavy (non-hydrogen) atoms. The van der Waals surface area contributed by atoms with Gasteiger partial charge in [0, 0.05) is 14.1 Å². The number of carbonyl (C=O) groups is 1. The van der Waals surface area contributed by atoms with E-state index in [1.165, 1.54) is 4.90 Å². The van der Waals surface area contributed by atoms with Crippen LogP contribution in [0.5, 0.6) is 0 Å². The second-order valence-electron chi connectivity index (χ2n) is 2.85. The van der Waals surface area contributed by atoms with Crippen LogP contribution in [-0.4, -0.2) is 31.4 Å². The summed E-state index contributed by atoms with van der Waals surface area (Å²) >= 11 is 0. The fourth-order valence-electron chi connectivity index (χ4n) is 0.877. The summed E-state index contributed by atoms with van der Waals surface area (Å²) in [6, 6.07) is 1.97. The molecule has 0 aliphatic rings. The highest BCUT2D eigenvalue weighted by Gasteiger charge is 2.18. The molecule has 0 aromatic carbocycles. The average molecular weight is 169 g/mol. The summed E-state index contributed by atoms with van der Waals surface area (Å²) in [5.74, 6) is -0.658. The van der Waals surface area contributed by atoms with Crippen molar-refractivity contribution in [2.75, 3.05) is 20.6 Å². The minimum absolute atomic E-state index is 0.133. The predicted molar refractivity (Wildman–Crippen MR) is 46.1 cm³/mol. The Kier molecular flexibility index (Phi) is 5.06. The molecule has 1 amide bonds. The molecule has 0 radical (unpaired) electrons. The monoisotopic (exact) mass is 169 g/mol. The largest absolute Gasteiger partial charge is 0.348 e. The molecule has 4 heteroatoms. The van der Waals surface area contributed by atoms with Gasteiger partial charge in [-0.3, -0.25) is 4.79 Å². The Morgan fingerprint density at radius 2 is 2.25 bits per heavy atom. The van der Waals surface area contributed by atoms with Gasteiger partial charge in [-0.15, -0.1) is 0 Å². The molecular formula is C8H15N3O. The molecule has 0 aromatic rings. The van der Waals surface area contributed by atoms with Gasteiger partial charge < -0.3 is 10.6 Å². The Bertz CT molecular complexity index is 183. The lowest BCUT2D eigenvalue weighted by atomic mass is 10.0. The zero-order valence-electron chi connectivity index (χ0n) is 7.58. The SMILES string of the molecule is CN(C)C(=O)C(C#N)CCCN. The molecular weight excluding hydrogens is 154 g/mol. The number of nitriles is 1. The first-order chi connectivity index (χ1) is 5.63. The Balaban J connectivity index is 3.99. The summed E-state index contributed by atoms with van der Waals surface area (Å²) in [6.07, 6.45) is 1.28. The van der Waals surface area contributed by atoms with E-state index in [-0.39, 0.29) is 5.91 Å². The Hall–Kier alpha value is -1.08. The van der Waals surface area contributed by atoms with Crippen molar-refractivity contribution in [3.8, 4) is 6.07 Å². The van der Waals surface area contributed by atoms with Gasteiger partial charge in [0.25, 0.3) is 0 Å². The number of amides is 1. The summed E-state index contributed by atoms with van der Waals surface area (Å²) < 4.78 is 0. The van der Waals surface area contributed by atoms with Gasteiger partial charge in [0.05, 0.1) is 6.07 Å². The Labute approximate surface area is 72.9 Å². The molecule has 0 heterocycles. The molecule has 0 saturated carbocycles. The van der Waals surface area contributed by atoms with Crippen LogP contribution in [0.25, 0.3) is 0 Å². The van der Waals surface area contributed by atoms with Crippen LogP contribution in [0.3, 0.4) is 0 Å². The first-order valence-corrected chi connectivity index (χ1v) is 3.94. The minimum atomic E-state index is -0.524. The molecule has 0 bridgehead atoms. The highest BCUT2D eigenvalue weighted by molar-refractivity contribution is 5.80. The fraction of sp³-hybridized carbons (Fsp3) is 0.750. The molecule has 2 N–H and O–H groups in total. The molecule has 0 rings (SSSR count). The van der Waals surface area contributed by atoms with Gasteiger partial charge in [0.2, 0.25) is 5.91 Å². The summed E-state index contributed by atoms with van der Waals surface area (Å²) in [4.78, 5) is 12.7. The quantitative estimate of drug-likeness (QED) is 0.641. The summed E-state index contributed by atoms with van der Waals surface area (Å²) in [5, 5.41) is 8.63. The molecule has 0 saturated heterocycles. The second-order valence-corrected chi connectivity index (χ2v) is 2.85. The number of carbonyl (C=O) groups excluding carboxylic acids is 1. The van der Waals surface area contributed by atoms with Gasteiger partial charge in [-0.25, -0.2) is 0 Å². The lowest BCUT2D eigenvalue weighted by Crippen LogP contribution is -2.29. The molecule has 1 unspecified atom stereocenters. The van der Waals surface area contributed by atoms with Crippen LogP contribution in [0.1, 0.15) is 12.8 Å². The van der Waals surface area contributed by atoms with Gasteiger partial charge in [0.15, 0.2) is 0 Å². The van der Waals surface area contributed by atoms with Crippen LogP contribution < -0.4 is 5.73 Å². The summed E-state index contributed by atoms with van der Waals surface area (Å²) in [6.45, 7) is 0.527. The molecule has 0 aliphatic heterocycles. The summed E-state index contributed by atoms with van der Waals surface area (Å²) in [7, 11) is 3.30. The first-order valence-electron chi connectivity index (χ1n) is 3.94. The molecule has 0 spiro atoms. The van der Waals surface area contributed by atoms with E-state index in [1.54, 1.807) is 14.1 Å². The van der Waals surface area contributed by atoms with Crippen molar-refractivity contribution in [2.24, 2.45) is 11.7 Å². The third kappa shape index (κ3) is 3.35. The lowest BCUT2D eigenvalue weighted by molar-refractivity contribution is -0.131. The molecule has 0 aliphatic carbocycles. The van der Waals surface area contributed by atoms with Crippen molar-refractivity contribution in [1.29, 1.82) is 5.26 Å². The van der Waals surface area contributed by atoms with E-state index in [1.807, 2.05) is 6.07 Å². The lowest BCUT2D eigenvalue weighted by Gasteiger charge is -2.13. The van der Waals surface area contributed by atoms with Crippen molar-refractivity contribution in [3.63, 3.8) is 0 Å². The zero-order valence-corrected chi connectivity index (χ0v) is 7.58. The van der Waals surface area contributed by atoms with Crippen LogP contribution in [0.2, 0.25) is 0 Å². The predicted octanol–water partition coefficient (Wildman–Crippen LogP) is -0.0467. The molecule has 4 nitrogen and oxygen atoms in total. The third-order valence-corrected chi connectivity index (χ3v) is 1.59. The number of nitrogens with two attached hydrogens (primary N) is 1. The number of nitrogens with zero attached hydrogens (tertiary/aromatic N) is 2. The van der Waals surface area contributed by atoms with Crippen molar-refractivity contribution >= 4 is 5.91 Å². The van der Waals surface area contributed by atoms with Crippen molar-refractivity contribution < 1.29 is 4.79 Å². The van der Waals surface area contributed by atoms with Gasteiger partial charge in [-0.1, -0.05) is 0 Å². The highest BCUT2D eigenvalue weighted by Crippen LogP contribution is 2.06. The van der Waals surface area contributed by atoms with Crippen LogP contribution in [0.15, 0.2) is 0 Å². The van der Waals surface area contributed by atoms with Crippen LogP contribution in [0.4, 0.5) is 0 Å². The second kappa shape index (κ2) is 5.56. The fourth-order valence-corrected chi connectivity index (χ4v) is 0.877. The van der Waals surface area contributed by atoms with E-state index in [4.69, 9.17) is 11.0 Å². The topological polar surface area (TPSA) is 70.1 Å². The summed E-state index contributed by atoms with van der Waals surface area (Å²) in [5.41, 5.74) is 5.27. The normalized spacial score (nSPS) is 11.8. The van der Waals surface area contributed by atoms with Gasteiger partial charge >= 0.3 is 0 Å². The molecule has 1 atom stereocenters. The molecule has 0 fully saturated rings. The van der Waals surface area contributed by atoms with E-state index < -0.39 is 5.92 Å². The Morgan fingerprint density at radius 1 is 1.67 bits per heavy atom. The number of hydrogen-bond donors (Lipinski definition) is 1. The van der Waals surface area contributed by atoms with E-state index in [0.29, 0.717) is 13.0 Å². The number of rotatable bonds is 4. The standard InChI is InChI=1S/C8H15N3O/c1-11(2)8(12)7(6-10)4-3-5-9/h7H,3-5,9H2,1-2H3. The maximum absolute atomic E-state index is 11.2. The van der Waals surface area contributed by atoms with E-state index in [9.17, 15) is 4.79 Å². The average Bonchev–Trinajstić information content (AvgIpc) is 2.05. The van der Waals surface area contributed by atoms with Crippen LogP contribution in [-0.2, 0) is 4.79 Å². The maximum atomic E-state index is 11.2. The van der Waals surface area contributed by atoms with Crippen LogP contribution >= 0.6 is 0 Å². The smallest absolute Gasteiger partial charge is 0.239 e. The van der Waals surface area contributed by atoms with Crippen molar-refractivity contribution in [3.05, 3.63) is 0 Å². The van der Waals surface area contributed by atoms with E-state index in [0.717, 1.165) is 6.42 Å². The minimum Gasteiger partial charge on any atom is -0.348 e. The van der Waals surface area contributed by atoms with Gasteiger partial charge in [0.1, 0.15) is 5.92 Å². The molecule has 68 valence electrons. The van der Waals surface area contributed by atoms with E-state index in [2.05, 4.69) is 0 Å². The zero-order chi connectivity index (χ0) is 9.56. The van der Waals surface area contributed by atoms with Crippen molar-refractivity contribution in [2.45, 2.75) is 12.8 Å². The Morgan fingerprint density at radius 3 is 2.58 bits per heavy atom. The van der Waals surface area contributed by atoms with Crippen molar-refractivity contribution in [1.82, 2.24) is 4.90 Å². The van der Waals surface area contributed by atoms with E-state index >= 15 is 0 Å². The first kappa shape index (κ1) is 10.9. The van der Waals surface area contributed by atoms with Crippen LogP contribution in [0, 0.1) is 17.2 Å². The highest BCUT2D eigenvalue weighted by atomic mass is 16.2. The molecule has 0 aromatic heterocycles. The number of hydrogen-bond acceptors (Lipinski definition) is 3. The third-order valence-electron chi connectivity index (χ3n) is 1.59. The van der Waals surface area contributed by atoms with Gasteiger partial charge in [-0.2, -0.15) is 5.26 Å².